The fraction of sp³-hybridized carbons (Fsp3) is 0.320. The summed E-state index contributed by atoms with van der Waals surface area (Å²) in [4.78, 5) is 17.5. The molecule has 5 rings (SSSR count). The van der Waals surface area contributed by atoms with Gasteiger partial charge in [-0.25, -0.2) is 4.39 Å². The van der Waals surface area contributed by atoms with E-state index < -0.39 is 5.82 Å². The monoisotopic (exact) mass is 456 g/mol. The summed E-state index contributed by atoms with van der Waals surface area (Å²) >= 11 is 12.4. The highest BCUT2D eigenvalue weighted by atomic mass is 35.5. The highest BCUT2D eigenvalue weighted by molar-refractivity contribution is 6.31. The van der Waals surface area contributed by atoms with E-state index in [9.17, 15) is 9.18 Å². The number of carbonyl (C=O) groups is 1. The van der Waals surface area contributed by atoms with Crippen LogP contribution in [-0.4, -0.2) is 36.5 Å². The number of fused-ring (bicyclic) bond motifs is 2. The lowest BCUT2D eigenvalue weighted by Crippen LogP contribution is -2.48. The van der Waals surface area contributed by atoms with Gasteiger partial charge in [0.25, 0.3) is 5.91 Å². The molecule has 1 atom stereocenters. The number of benzene rings is 2. The van der Waals surface area contributed by atoms with Gasteiger partial charge in [-0.15, -0.1) is 0 Å². The van der Waals surface area contributed by atoms with Crippen molar-refractivity contribution in [1.29, 1.82) is 0 Å². The molecule has 2 aromatic carbocycles. The molecular weight excluding hydrogens is 434 g/mol. The molecule has 0 aromatic heterocycles. The number of nitrogens with zero attached hydrogens (tertiary/aromatic N) is 2. The van der Waals surface area contributed by atoms with Crippen LogP contribution in [0.4, 0.5) is 10.1 Å². The van der Waals surface area contributed by atoms with E-state index in [0.717, 1.165) is 48.6 Å². The Bertz CT molecular complexity index is 1090. The molecule has 1 spiro atoms. The van der Waals surface area contributed by atoms with Crippen LogP contribution in [0.1, 0.15) is 35.2 Å². The van der Waals surface area contributed by atoms with Crippen LogP contribution in [0, 0.1) is 5.82 Å². The van der Waals surface area contributed by atoms with Gasteiger partial charge >= 0.3 is 0 Å². The second kappa shape index (κ2) is 8.09. The summed E-state index contributed by atoms with van der Waals surface area (Å²) < 4.78 is 14.4. The highest BCUT2D eigenvalue weighted by Gasteiger charge is 2.47. The molecular formula is C25H23Cl2FN2O. The van der Waals surface area contributed by atoms with Gasteiger partial charge in [-0.2, -0.15) is 0 Å². The van der Waals surface area contributed by atoms with Gasteiger partial charge in [-0.3, -0.25) is 9.69 Å². The molecule has 0 saturated carbocycles. The second-order valence-corrected chi connectivity index (χ2v) is 9.47. The smallest absolute Gasteiger partial charge is 0.261 e. The molecule has 3 aliphatic rings. The number of allylic oxidation sites excluding steroid dienone is 2. The number of rotatable bonds is 2. The number of hydrogen-bond donors (Lipinski definition) is 0. The number of hydrogen-bond acceptors (Lipinski definition) is 2. The molecule has 1 fully saturated rings. The number of piperidine rings is 1. The molecule has 0 N–H and O–H groups in total. The first-order valence-corrected chi connectivity index (χ1v) is 11.4. The van der Waals surface area contributed by atoms with Crippen LogP contribution in [-0.2, 0) is 5.41 Å². The highest BCUT2D eigenvalue weighted by Crippen LogP contribution is 2.48. The molecule has 160 valence electrons. The Hall–Kier alpha value is -2.14. The van der Waals surface area contributed by atoms with Gasteiger partial charge in [-0.05, 0) is 74.3 Å². The Labute approximate surface area is 191 Å². The lowest BCUT2D eigenvalue weighted by molar-refractivity contribution is 0.0967. The summed E-state index contributed by atoms with van der Waals surface area (Å²) in [5.41, 5.74) is 1.89. The molecule has 1 saturated heterocycles. The Morgan fingerprint density at radius 2 is 1.87 bits per heavy atom. The number of likely N-dealkylation sites (tertiary alicyclic amines) is 1. The maximum atomic E-state index is 14.4. The third-order valence-electron chi connectivity index (χ3n) is 6.89. The lowest BCUT2D eigenvalue weighted by atomic mass is 9.74. The van der Waals surface area contributed by atoms with Gasteiger partial charge in [0, 0.05) is 33.7 Å². The topological polar surface area (TPSA) is 23.6 Å². The van der Waals surface area contributed by atoms with Crippen LogP contribution in [0.3, 0.4) is 0 Å². The largest absolute Gasteiger partial charge is 0.307 e. The zero-order valence-electron chi connectivity index (χ0n) is 17.0. The zero-order chi connectivity index (χ0) is 21.6. The Kier molecular flexibility index (Phi) is 5.41. The molecule has 6 heteroatoms. The van der Waals surface area contributed by atoms with Crippen LogP contribution in [0.25, 0.3) is 0 Å². The second-order valence-electron chi connectivity index (χ2n) is 8.60. The Morgan fingerprint density at radius 1 is 1.10 bits per heavy atom. The van der Waals surface area contributed by atoms with E-state index >= 15 is 0 Å². The fourth-order valence-corrected chi connectivity index (χ4v) is 5.50. The quantitative estimate of drug-likeness (QED) is 0.559. The minimum atomic E-state index is -0.491. The van der Waals surface area contributed by atoms with Crippen LogP contribution in [0.5, 0.6) is 0 Å². The molecule has 2 aromatic rings. The normalized spacial score (nSPS) is 22.5. The van der Waals surface area contributed by atoms with Crippen molar-refractivity contribution in [3.05, 3.63) is 87.7 Å². The van der Waals surface area contributed by atoms with Crippen molar-refractivity contribution < 1.29 is 9.18 Å². The van der Waals surface area contributed by atoms with Crippen LogP contribution >= 0.6 is 23.2 Å². The number of halogens is 3. The molecule has 0 bridgehead atoms. The molecule has 3 nitrogen and oxygen atoms in total. The molecule has 2 heterocycles. The van der Waals surface area contributed by atoms with Crippen molar-refractivity contribution in [2.24, 2.45) is 0 Å². The predicted molar refractivity (Wildman–Crippen MR) is 123 cm³/mol. The summed E-state index contributed by atoms with van der Waals surface area (Å²) in [5, 5.41) is 1.46. The standard InChI is InChI=1S/C25H23Cl2FN2O/c26-17-5-8-19(9-6-17)29-13-11-25(12-14-29)16-30(23-10-7-18(27)15-21(23)25)24(31)20-3-1-2-4-22(20)28/h1-8,10,15,19H,9,11-14,16H2. The summed E-state index contributed by atoms with van der Waals surface area (Å²) in [6, 6.07) is 12.2. The first-order chi connectivity index (χ1) is 15.0. The summed E-state index contributed by atoms with van der Waals surface area (Å²) in [6.45, 7) is 2.40. The van der Waals surface area contributed by atoms with Crippen molar-refractivity contribution in [3.8, 4) is 0 Å². The van der Waals surface area contributed by atoms with E-state index in [0.29, 0.717) is 17.6 Å². The van der Waals surface area contributed by atoms with Crippen molar-refractivity contribution in [1.82, 2.24) is 4.90 Å². The van der Waals surface area contributed by atoms with Crippen molar-refractivity contribution in [2.45, 2.75) is 30.7 Å². The molecule has 0 radical (unpaired) electrons. The van der Waals surface area contributed by atoms with Gasteiger partial charge in [0.2, 0.25) is 0 Å². The van der Waals surface area contributed by atoms with Crippen LogP contribution < -0.4 is 4.90 Å². The first kappa shape index (κ1) is 20.7. The van der Waals surface area contributed by atoms with E-state index in [4.69, 9.17) is 23.2 Å². The summed E-state index contributed by atoms with van der Waals surface area (Å²) in [5.74, 6) is -0.787. The third kappa shape index (κ3) is 3.71. The van der Waals surface area contributed by atoms with E-state index in [-0.39, 0.29) is 16.9 Å². The van der Waals surface area contributed by atoms with Crippen molar-refractivity contribution >= 4 is 34.8 Å². The Morgan fingerprint density at radius 3 is 2.58 bits per heavy atom. The van der Waals surface area contributed by atoms with E-state index in [1.165, 1.54) is 6.07 Å². The third-order valence-corrected chi connectivity index (χ3v) is 7.40. The maximum Gasteiger partial charge on any atom is 0.261 e. The molecule has 1 unspecified atom stereocenters. The average molecular weight is 457 g/mol. The predicted octanol–water partition coefficient (Wildman–Crippen LogP) is 5.92. The van der Waals surface area contributed by atoms with Gasteiger partial charge in [0.05, 0.1) is 5.56 Å². The van der Waals surface area contributed by atoms with Crippen LogP contribution in [0.2, 0.25) is 5.02 Å². The molecule has 1 aliphatic carbocycles. The molecule has 2 aliphatic heterocycles. The summed E-state index contributed by atoms with van der Waals surface area (Å²) in [7, 11) is 0. The number of carbonyl (C=O) groups excluding carboxylic acids is 1. The number of anilines is 1. The van der Waals surface area contributed by atoms with Gasteiger partial charge < -0.3 is 4.90 Å². The molecule has 31 heavy (non-hydrogen) atoms. The van der Waals surface area contributed by atoms with E-state index in [2.05, 4.69) is 17.1 Å². The SMILES string of the molecule is O=C(c1ccccc1F)N1CC2(CCN(C3C=CC(Cl)=CC3)CC2)c2cc(Cl)ccc21. The minimum absolute atomic E-state index is 0.105. The zero-order valence-corrected chi connectivity index (χ0v) is 18.5. The van der Waals surface area contributed by atoms with Gasteiger partial charge in [0.15, 0.2) is 0 Å². The van der Waals surface area contributed by atoms with Crippen LogP contribution in [0.15, 0.2) is 65.7 Å². The Balaban J connectivity index is 1.42. The summed E-state index contributed by atoms with van der Waals surface area (Å²) in [6.07, 6.45) is 8.97. The molecule has 1 amide bonds. The van der Waals surface area contributed by atoms with E-state index in [1.807, 2.05) is 18.2 Å². The minimum Gasteiger partial charge on any atom is -0.307 e. The maximum absolute atomic E-state index is 14.4. The average Bonchev–Trinajstić information content (AvgIpc) is 3.08. The lowest BCUT2D eigenvalue weighted by Gasteiger charge is -2.42. The van der Waals surface area contributed by atoms with Gasteiger partial charge in [0.1, 0.15) is 5.82 Å². The van der Waals surface area contributed by atoms with Crippen molar-refractivity contribution in [2.75, 3.05) is 24.5 Å². The van der Waals surface area contributed by atoms with Crippen molar-refractivity contribution in [3.63, 3.8) is 0 Å². The van der Waals surface area contributed by atoms with Gasteiger partial charge in [-0.1, -0.05) is 47.5 Å². The number of amides is 1. The first-order valence-electron chi connectivity index (χ1n) is 10.6. The fourth-order valence-electron chi connectivity index (χ4n) is 5.17. The van der Waals surface area contributed by atoms with E-state index in [1.54, 1.807) is 29.2 Å².